The molecule has 0 bridgehead atoms. The van der Waals surface area contributed by atoms with Crippen LogP contribution in [-0.2, 0) is 10.0 Å². The highest BCUT2D eigenvalue weighted by Gasteiger charge is 2.10. The number of ether oxygens (including phenoxy) is 1. The Balaban J connectivity index is 2.36. The lowest BCUT2D eigenvalue weighted by Crippen LogP contribution is -2.24. The zero-order chi connectivity index (χ0) is 15.0. The fourth-order valence-electron chi connectivity index (χ4n) is 1.70. The van der Waals surface area contributed by atoms with E-state index in [9.17, 15) is 8.42 Å². The summed E-state index contributed by atoms with van der Waals surface area (Å²) in [5.74, 6) is 0.839. The van der Waals surface area contributed by atoms with Gasteiger partial charge in [0.2, 0.25) is 10.0 Å². The largest absolute Gasteiger partial charge is 0.497 e. The van der Waals surface area contributed by atoms with Gasteiger partial charge in [-0.3, -0.25) is 4.72 Å². The van der Waals surface area contributed by atoms with Crippen LogP contribution in [0.1, 0.15) is 26.7 Å². The van der Waals surface area contributed by atoms with Gasteiger partial charge in [0, 0.05) is 11.7 Å². The van der Waals surface area contributed by atoms with Crippen molar-refractivity contribution in [1.82, 2.24) is 5.32 Å². The molecular formula is C14H24N2O3S. The van der Waals surface area contributed by atoms with Gasteiger partial charge in [-0.1, -0.05) is 13.8 Å². The van der Waals surface area contributed by atoms with Gasteiger partial charge in [0.25, 0.3) is 0 Å². The van der Waals surface area contributed by atoms with Gasteiger partial charge in [-0.25, -0.2) is 8.42 Å². The lowest BCUT2D eigenvalue weighted by Gasteiger charge is -2.10. The summed E-state index contributed by atoms with van der Waals surface area (Å²) in [5, 5.41) is 3.26. The molecule has 0 radical (unpaired) electrons. The smallest absolute Gasteiger partial charge is 0.232 e. The molecule has 0 heterocycles. The van der Waals surface area contributed by atoms with Gasteiger partial charge in [0.05, 0.1) is 12.9 Å². The number of nitrogens with one attached hydrogen (secondary N) is 2. The second-order valence-corrected chi connectivity index (χ2v) is 6.81. The van der Waals surface area contributed by atoms with Crippen molar-refractivity contribution in [3.63, 3.8) is 0 Å². The average Bonchev–Trinajstić information content (AvgIpc) is 2.38. The van der Waals surface area contributed by atoms with Crippen molar-refractivity contribution in [1.29, 1.82) is 0 Å². The first-order chi connectivity index (χ1) is 9.43. The molecule has 0 aliphatic heterocycles. The maximum atomic E-state index is 11.9. The molecule has 2 N–H and O–H groups in total. The number of benzene rings is 1. The normalized spacial score (nSPS) is 11.6. The molecule has 0 aliphatic carbocycles. The minimum Gasteiger partial charge on any atom is -0.497 e. The van der Waals surface area contributed by atoms with E-state index in [1.165, 1.54) is 0 Å². The number of methoxy groups -OCH3 is 1. The number of hydrogen-bond donors (Lipinski definition) is 2. The van der Waals surface area contributed by atoms with E-state index in [-0.39, 0.29) is 5.75 Å². The zero-order valence-corrected chi connectivity index (χ0v) is 13.2. The quantitative estimate of drug-likeness (QED) is 0.686. The molecule has 0 saturated carbocycles. The molecule has 0 unspecified atom stereocenters. The van der Waals surface area contributed by atoms with Crippen molar-refractivity contribution in [2.75, 3.05) is 24.1 Å². The Morgan fingerprint density at radius 2 is 1.80 bits per heavy atom. The second-order valence-electron chi connectivity index (χ2n) is 4.97. The SMILES string of the molecule is COc1ccc(NS(=O)(=O)CCCCNC(C)C)cc1. The van der Waals surface area contributed by atoms with Crippen molar-refractivity contribution in [3.05, 3.63) is 24.3 Å². The van der Waals surface area contributed by atoms with Crippen LogP contribution in [-0.4, -0.2) is 33.9 Å². The fourth-order valence-corrected chi connectivity index (χ4v) is 2.88. The Morgan fingerprint density at radius 1 is 1.15 bits per heavy atom. The minimum absolute atomic E-state index is 0.138. The third kappa shape index (κ3) is 6.77. The van der Waals surface area contributed by atoms with Crippen LogP contribution >= 0.6 is 0 Å². The zero-order valence-electron chi connectivity index (χ0n) is 12.3. The number of anilines is 1. The van der Waals surface area contributed by atoms with Crippen LogP contribution in [0.15, 0.2) is 24.3 Å². The monoisotopic (exact) mass is 300 g/mol. The molecule has 0 spiro atoms. The molecule has 1 rings (SSSR count). The summed E-state index contributed by atoms with van der Waals surface area (Å²) in [5.41, 5.74) is 0.561. The predicted octanol–water partition coefficient (Wildman–Crippen LogP) is 2.22. The second kappa shape index (κ2) is 8.11. The molecular weight excluding hydrogens is 276 g/mol. The Kier molecular flexibility index (Phi) is 6.81. The minimum atomic E-state index is -3.27. The molecule has 0 fully saturated rings. The number of unbranched alkanes of at least 4 members (excludes halogenated alkanes) is 1. The highest BCUT2D eigenvalue weighted by atomic mass is 32.2. The molecule has 20 heavy (non-hydrogen) atoms. The third-order valence-electron chi connectivity index (χ3n) is 2.76. The van der Waals surface area contributed by atoms with Crippen LogP contribution < -0.4 is 14.8 Å². The van der Waals surface area contributed by atoms with E-state index < -0.39 is 10.0 Å². The van der Waals surface area contributed by atoms with E-state index in [1.807, 2.05) is 0 Å². The van der Waals surface area contributed by atoms with E-state index in [4.69, 9.17) is 4.74 Å². The first-order valence-electron chi connectivity index (χ1n) is 6.81. The predicted molar refractivity (Wildman–Crippen MR) is 82.8 cm³/mol. The maximum Gasteiger partial charge on any atom is 0.232 e. The summed E-state index contributed by atoms with van der Waals surface area (Å²) in [6.45, 7) is 4.99. The highest BCUT2D eigenvalue weighted by Crippen LogP contribution is 2.16. The van der Waals surface area contributed by atoms with Crippen LogP contribution in [0.3, 0.4) is 0 Å². The van der Waals surface area contributed by atoms with Crippen molar-refractivity contribution < 1.29 is 13.2 Å². The summed E-state index contributed by atoms with van der Waals surface area (Å²) in [7, 11) is -1.70. The Hall–Kier alpha value is -1.27. The number of rotatable bonds is 9. The van der Waals surface area contributed by atoms with E-state index in [1.54, 1.807) is 31.4 Å². The van der Waals surface area contributed by atoms with Crippen molar-refractivity contribution in [3.8, 4) is 5.75 Å². The summed E-state index contributed by atoms with van der Waals surface area (Å²) in [6.07, 6.45) is 1.49. The Bertz CT molecular complexity index is 484. The summed E-state index contributed by atoms with van der Waals surface area (Å²) in [6, 6.07) is 7.27. The molecule has 1 aromatic rings. The van der Waals surface area contributed by atoms with E-state index >= 15 is 0 Å². The van der Waals surface area contributed by atoms with E-state index in [2.05, 4.69) is 23.9 Å². The first kappa shape index (κ1) is 16.8. The maximum absolute atomic E-state index is 11.9. The summed E-state index contributed by atoms with van der Waals surface area (Å²) < 4.78 is 31.4. The Labute approximate surface area is 121 Å². The van der Waals surface area contributed by atoms with E-state index in [0.29, 0.717) is 23.9 Å². The first-order valence-corrected chi connectivity index (χ1v) is 8.46. The number of hydrogen-bond acceptors (Lipinski definition) is 4. The molecule has 114 valence electrons. The van der Waals surface area contributed by atoms with Crippen molar-refractivity contribution >= 4 is 15.7 Å². The topological polar surface area (TPSA) is 67.4 Å². The summed E-state index contributed by atoms with van der Waals surface area (Å²) >= 11 is 0. The molecule has 6 heteroatoms. The van der Waals surface area contributed by atoms with Crippen LogP contribution in [0.4, 0.5) is 5.69 Å². The van der Waals surface area contributed by atoms with Gasteiger partial charge >= 0.3 is 0 Å². The average molecular weight is 300 g/mol. The molecule has 0 amide bonds. The van der Waals surface area contributed by atoms with Crippen molar-refractivity contribution in [2.24, 2.45) is 0 Å². The molecule has 1 aromatic carbocycles. The van der Waals surface area contributed by atoms with Gasteiger partial charge in [-0.05, 0) is 43.7 Å². The van der Waals surface area contributed by atoms with Gasteiger partial charge in [0.1, 0.15) is 5.75 Å². The van der Waals surface area contributed by atoms with E-state index in [0.717, 1.165) is 13.0 Å². The highest BCUT2D eigenvalue weighted by molar-refractivity contribution is 7.92. The molecule has 5 nitrogen and oxygen atoms in total. The number of sulfonamides is 1. The van der Waals surface area contributed by atoms with Crippen molar-refractivity contribution in [2.45, 2.75) is 32.7 Å². The standard InChI is InChI=1S/C14H24N2O3S/c1-12(2)15-10-4-5-11-20(17,18)16-13-6-8-14(19-3)9-7-13/h6-9,12,15-16H,4-5,10-11H2,1-3H3. The fraction of sp³-hybridized carbons (Fsp3) is 0.571. The lowest BCUT2D eigenvalue weighted by atomic mass is 10.3. The third-order valence-corrected chi connectivity index (χ3v) is 4.13. The summed E-state index contributed by atoms with van der Waals surface area (Å²) in [4.78, 5) is 0. The lowest BCUT2D eigenvalue weighted by molar-refractivity contribution is 0.415. The van der Waals surface area contributed by atoms with Gasteiger partial charge in [-0.2, -0.15) is 0 Å². The van der Waals surface area contributed by atoms with Crippen LogP contribution in [0.5, 0.6) is 5.75 Å². The van der Waals surface area contributed by atoms with Crippen LogP contribution in [0.2, 0.25) is 0 Å². The molecule has 0 aromatic heterocycles. The van der Waals surface area contributed by atoms with Gasteiger partial charge in [0.15, 0.2) is 0 Å². The molecule has 0 saturated heterocycles. The molecule has 0 aliphatic rings. The molecule has 0 atom stereocenters. The Morgan fingerprint density at radius 3 is 2.35 bits per heavy atom. The van der Waals surface area contributed by atoms with Crippen LogP contribution in [0, 0.1) is 0 Å². The van der Waals surface area contributed by atoms with Crippen LogP contribution in [0.25, 0.3) is 0 Å². The van der Waals surface area contributed by atoms with Gasteiger partial charge < -0.3 is 10.1 Å². The van der Waals surface area contributed by atoms with Gasteiger partial charge in [-0.15, -0.1) is 0 Å².